The second kappa shape index (κ2) is 8.00. The van der Waals surface area contributed by atoms with Crippen LogP contribution in [-0.4, -0.2) is 19.7 Å². The van der Waals surface area contributed by atoms with Gasteiger partial charge in [0.25, 0.3) is 0 Å². The summed E-state index contributed by atoms with van der Waals surface area (Å²) in [5.41, 5.74) is 1.75. The average molecular weight is 381 g/mol. The predicted octanol–water partition coefficient (Wildman–Crippen LogP) is 4.44. The number of aromatic nitrogens is 4. The van der Waals surface area contributed by atoms with Crippen molar-refractivity contribution in [1.82, 2.24) is 19.7 Å². The van der Waals surface area contributed by atoms with Crippen LogP contribution in [0.15, 0.2) is 39.6 Å². The van der Waals surface area contributed by atoms with E-state index in [9.17, 15) is 4.79 Å². The predicted molar refractivity (Wildman–Crippen MR) is 99.9 cm³/mol. The summed E-state index contributed by atoms with van der Waals surface area (Å²) < 4.78 is 1.69. The van der Waals surface area contributed by atoms with Crippen LogP contribution in [0.1, 0.15) is 25.5 Å². The molecule has 3 rings (SSSR count). The molecule has 0 aliphatic heterocycles. The molecule has 0 spiro atoms. The number of rotatable bonds is 7. The van der Waals surface area contributed by atoms with Gasteiger partial charge in [0.1, 0.15) is 5.01 Å². The van der Waals surface area contributed by atoms with Crippen LogP contribution in [-0.2, 0) is 12.3 Å². The molecule has 0 atom stereocenters. The van der Waals surface area contributed by atoms with Crippen LogP contribution < -0.4 is 5.69 Å². The molecule has 0 fully saturated rings. The molecule has 8 heteroatoms. The fourth-order valence-electron chi connectivity index (χ4n) is 2.20. The molecule has 126 valence electrons. The Kier molecular flexibility index (Phi) is 5.76. The molecule has 1 aromatic carbocycles. The number of nitrogens with one attached hydrogen (secondary N) is 1. The van der Waals surface area contributed by atoms with Gasteiger partial charge in [-0.2, -0.15) is 0 Å². The number of aromatic amines is 1. The Morgan fingerprint density at radius 2 is 2.21 bits per heavy atom. The maximum atomic E-state index is 11.8. The first-order chi connectivity index (χ1) is 11.7. The first kappa shape index (κ1) is 17.3. The van der Waals surface area contributed by atoms with Crippen LogP contribution in [0, 0.1) is 0 Å². The van der Waals surface area contributed by atoms with Crippen LogP contribution >= 0.6 is 34.7 Å². The molecule has 0 bridgehead atoms. The highest BCUT2D eigenvalue weighted by Gasteiger charge is 2.11. The van der Waals surface area contributed by atoms with Gasteiger partial charge in [-0.1, -0.05) is 54.9 Å². The largest absolute Gasteiger partial charge is 0.343 e. The molecule has 5 nitrogen and oxygen atoms in total. The molecule has 1 N–H and O–H groups in total. The molecule has 0 amide bonds. The van der Waals surface area contributed by atoms with E-state index in [4.69, 9.17) is 11.6 Å². The van der Waals surface area contributed by atoms with Crippen molar-refractivity contribution in [1.29, 1.82) is 0 Å². The monoisotopic (exact) mass is 380 g/mol. The number of H-pyrrole nitrogens is 1. The highest BCUT2D eigenvalue weighted by atomic mass is 35.5. The summed E-state index contributed by atoms with van der Waals surface area (Å²) >= 11 is 9.31. The lowest BCUT2D eigenvalue weighted by atomic mass is 10.2. The van der Waals surface area contributed by atoms with Gasteiger partial charge in [0.15, 0.2) is 5.16 Å². The Morgan fingerprint density at radius 1 is 1.38 bits per heavy atom. The molecular formula is C16H17ClN4OS2. The van der Waals surface area contributed by atoms with Crippen LogP contribution in [0.4, 0.5) is 0 Å². The SMILES string of the molecule is CCCCn1c(SCc2csc(-c3ccccc3Cl)n2)n[nH]c1=O. The zero-order valence-electron chi connectivity index (χ0n) is 13.2. The lowest BCUT2D eigenvalue weighted by Crippen LogP contribution is -2.17. The summed E-state index contributed by atoms with van der Waals surface area (Å²) in [6.07, 6.45) is 2.00. The minimum absolute atomic E-state index is 0.152. The Labute approximate surface area is 153 Å². The smallest absolute Gasteiger partial charge is 0.270 e. The summed E-state index contributed by atoms with van der Waals surface area (Å²) in [4.78, 5) is 16.4. The molecule has 2 heterocycles. The maximum absolute atomic E-state index is 11.8. The second-order valence-electron chi connectivity index (χ2n) is 5.23. The molecule has 0 aliphatic carbocycles. The highest BCUT2D eigenvalue weighted by Crippen LogP contribution is 2.31. The summed E-state index contributed by atoms with van der Waals surface area (Å²) in [5.74, 6) is 0.664. The lowest BCUT2D eigenvalue weighted by molar-refractivity contribution is 0.573. The van der Waals surface area contributed by atoms with E-state index in [0.29, 0.717) is 22.5 Å². The van der Waals surface area contributed by atoms with Crippen molar-refractivity contribution in [2.24, 2.45) is 0 Å². The zero-order valence-corrected chi connectivity index (χ0v) is 15.5. The molecule has 3 aromatic rings. The topological polar surface area (TPSA) is 63.6 Å². The van der Waals surface area contributed by atoms with Crippen molar-refractivity contribution in [3.8, 4) is 10.6 Å². The second-order valence-corrected chi connectivity index (χ2v) is 7.44. The molecule has 0 unspecified atom stereocenters. The van der Waals surface area contributed by atoms with Crippen LogP contribution in [0.3, 0.4) is 0 Å². The first-order valence-corrected chi connectivity index (χ1v) is 9.90. The minimum Gasteiger partial charge on any atom is -0.270 e. The third-order valence-electron chi connectivity index (χ3n) is 3.46. The number of thioether (sulfide) groups is 1. The fourth-order valence-corrected chi connectivity index (χ4v) is 4.31. The third-order valence-corrected chi connectivity index (χ3v) is 5.73. The minimum atomic E-state index is -0.152. The van der Waals surface area contributed by atoms with Gasteiger partial charge in [0, 0.05) is 23.2 Å². The van der Waals surface area contributed by atoms with Crippen molar-refractivity contribution in [2.75, 3.05) is 0 Å². The van der Waals surface area contributed by atoms with Crippen molar-refractivity contribution < 1.29 is 0 Å². The summed E-state index contributed by atoms with van der Waals surface area (Å²) in [5, 5.41) is 11.0. The number of hydrogen-bond acceptors (Lipinski definition) is 5. The van der Waals surface area contributed by atoms with E-state index in [1.165, 1.54) is 11.8 Å². The standard InChI is InChI=1S/C16H17ClN4OS2/c1-2-3-8-21-15(22)19-20-16(21)24-10-11-9-23-14(18-11)12-6-4-5-7-13(12)17/h4-7,9H,2-3,8,10H2,1H3,(H,19,22). The Bertz CT molecular complexity index is 871. The quantitative estimate of drug-likeness (QED) is 0.615. The maximum Gasteiger partial charge on any atom is 0.343 e. The number of thiazole rings is 1. The Balaban J connectivity index is 1.70. The van der Waals surface area contributed by atoms with Crippen molar-refractivity contribution in [2.45, 2.75) is 37.2 Å². The normalized spacial score (nSPS) is 11.1. The summed E-state index contributed by atoms with van der Waals surface area (Å²) in [6.45, 7) is 2.79. The van der Waals surface area contributed by atoms with Crippen molar-refractivity contribution in [3.63, 3.8) is 0 Å². The number of benzene rings is 1. The average Bonchev–Trinajstić information content (AvgIpc) is 3.18. The van der Waals surface area contributed by atoms with Gasteiger partial charge in [-0.15, -0.1) is 16.4 Å². The van der Waals surface area contributed by atoms with Gasteiger partial charge in [-0.05, 0) is 12.5 Å². The van der Waals surface area contributed by atoms with Gasteiger partial charge in [-0.25, -0.2) is 14.9 Å². The van der Waals surface area contributed by atoms with Crippen LogP contribution in [0.2, 0.25) is 5.02 Å². The van der Waals surface area contributed by atoms with Gasteiger partial charge >= 0.3 is 5.69 Å². The van der Waals surface area contributed by atoms with Crippen molar-refractivity contribution >= 4 is 34.7 Å². The van der Waals surface area contributed by atoms with Gasteiger partial charge < -0.3 is 0 Å². The summed E-state index contributed by atoms with van der Waals surface area (Å²) in [6, 6.07) is 7.69. The van der Waals surface area contributed by atoms with E-state index in [-0.39, 0.29) is 5.69 Å². The molecule has 0 radical (unpaired) electrons. The third kappa shape index (κ3) is 3.91. The number of unbranched alkanes of at least 4 members (excludes halogenated alkanes) is 1. The van der Waals surface area contributed by atoms with Crippen molar-refractivity contribution in [3.05, 3.63) is 50.8 Å². The molecule has 2 aromatic heterocycles. The number of halogens is 1. The molecule has 0 saturated heterocycles. The Hall–Kier alpha value is -1.57. The molecule has 0 aliphatic rings. The summed E-state index contributed by atoms with van der Waals surface area (Å²) in [7, 11) is 0. The van der Waals surface area contributed by atoms with E-state index in [1.807, 2.05) is 29.6 Å². The first-order valence-electron chi connectivity index (χ1n) is 7.66. The highest BCUT2D eigenvalue weighted by molar-refractivity contribution is 7.98. The van der Waals surface area contributed by atoms with E-state index in [2.05, 4.69) is 22.1 Å². The van der Waals surface area contributed by atoms with Gasteiger partial charge in [0.05, 0.1) is 10.7 Å². The van der Waals surface area contributed by atoms with Gasteiger partial charge in [0.2, 0.25) is 0 Å². The molecule has 24 heavy (non-hydrogen) atoms. The van der Waals surface area contributed by atoms with Crippen LogP contribution in [0.25, 0.3) is 10.6 Å². The van der Waals surface area contributed by atoms with Crippen LogP contribution in [0.5, 0.6) is 0 Å². The fraction of sp³-hybridized carbons (Fsp3) is 0.312. The number of nitrogens with zero attached hydrogens (tertiary/aromatic N) is 3. The lowest BCUT2D eigenvalue weighted by Gasteiger charge is -2.03. The van der Waals surface area contributed by atoms with E-state index >= 15 is 0 Å². The number of hydrogen-bond donors (Lipinski definition) is 1. The zero-order chi connectivity index (χ0) is 16.9. The van der Waals surface area contributed by atoms with E-state index < -0.39 is 0 Å². The molecular weight excluding hydrogens is 364 g/mol. The molecule has 0 saturated carbocycles. The van der Waals surface area contributed by atoms with E-state index in [0.717, 1.165) is 29.1 Å². The van der Waals surface area contributed by atoms with Gasteiger partial charge in [-0.3, -0.25) is 4.57 Å². The Morgan fingerprint density at radius 3 is 3.00 bits per heavy atom. The van der Waals surface area contributed by atoms with E-state index in [1.54, 1.807) is 15.9 Å².